The normalized spacial score (nSPS) is 12.3. The van der Waals surface area contributed by atoms with Crippen LogP contribution in [0.3, 0.4) is 0 Å². The molecule has 0 saturated heterocycles. The quantitative estimate of drug-likeness (QED) is 0.802. The van der Waals surface area contributed by atoms with Gasteiger partial charge in [0.1, 0.15) is 0 Å². The van der Waals surface area contributed by atoms with Gasteiger partial charge < -0.3 is 15.4 Å². The minimum Gasteiger partial charge on any atom is -0.383 e. The van der Waals surface area contributed by atoms with Crippen molar-refractivity contribution in [3.05, 3.63) is 29.8 Å². The highest BCUT2D eigenvalue weighted by Crippen LogP contribution is 2.23. The van der Waals surface area contributed by atoms with Crippen molar-refractivity contribution in [1.29, 1.82) is 0 Å². The molecule has 3 nitrogen and oxygen atoms in total. The van der Waals surface area contributed by atoms with E-state index in [0.717, 1.165) is 5.69 Å². The molecule has 4 heteroatoms. The van der Waals surface area contributed by atoms with Crippen LogP contribution in [0.2, 0.25) is 0 Å². The zero-order valence-electron chi connectivity index (χ0n) is 11.5. The second-order valence-electron chi connectivity index (χ2n) is 4.70. The Balaban J connectivity index is 2.64. The van der Waals surface area contributed by atoms with Crippen molar-refractivity contribution in [2.24, 2.45) is 0 Å². The maximum atomic E-state index is 5.29. The molecule has 0 fully saturated rings. The van der Waals surface area contributed by atoms with E-state index in [-0.39, 0.29) is 6.04 Å². The van der Waals surface area contributed by atoms with Crippen LogP contribution in [0, 0.1) is 0 Å². The van der Waals surface area contributed by atoms with Gasteiger partial charge >= 0.3 is 0 Å². The van der Waals surface area contributed by atoms with Crippen molar-refractivity contribution in [3.63, 3.8) is 0 Å². The summed E-state index contributed by atoms with van der Waals surface area (Å²) in [5.74, 6) is 0.466. The molecule has 0 aliphatic carbocycles. The van der Waals surface area contributed by atoms with Gasteiger partial charge in [-0.05, 0) is 36.7 Å². The molecule has 0 spiro atoms. The lowest BCUT2D eigenvalue weighted by Crippen LogP contribution is -2.38. The van der Waals surface area contributed by atoms with E-state index in [1.54, 1.807) is 7.11 Å². The number of methoxy groups -OCH3 is 1. The zero-order chi connectivity index (χ0) is 13.5. The van der Waals surface area contributed by atoms with Crippen LogP contribution >= 0.6 is 12.2 Å². The third kappa shape index (κ3) is 4.63. The van der Waals surface area contributed by atoms with Gasteiger partial charge in [0.2, 0.25) is 0 Å². The maximum absolute atomic E-state index is 5.29. The molecule has 0 aliphatic rings. The third-order valence-electron chi connectivity index (χ3n) is 2.63. The molecule has 1 atom stereocenters. The van der Waals surface area contributed by atoms with E-state index in [1.807, 2.05) is 25.1 Å². The van der Waals surface area contributed by atoms with Crippen molar-refractivity contribution in [2.75, 3.05) is 19.0 Å². The number of anilines is 1. The van der Waals surface area contributed by atoms with Gasteiger partial charge in [0.05, 0.1) is 6.61 Å². The monoisotopic (exact) mass is 266 g/mol. The number of rotatable bonds is 5. The molecule has 0 radical (unpaired) electrons. The lowest BCUT2D eigenvalue weighted by molar-refractivity contribution is 0.179. The highest BCUT2D eigenvalue weighted by molar-refractivity contribution is 7.80. The minimum absolute atomic E-state index is 0.196. The summed E-state index contributed by atoms with van der Waals surface area (Å²) in [6.07, 6.45) is 0. The van der Waals surface area contributed by atoms with Gasteiger partial charge in [-0.3, -0.25) is 0 Å². The number of para-hydroxylation sites is 1. The molecule has 100 valence electrons. The van der Waals surface area contributed by atoms with Crippen LogP contribution in [0.5, 0.6) is 0 Å². The Morgan fingerprint density at radius 3 is 2.56 bits per heavy atom. The summed E-state index contributed by atoms with van der Waals surface area (Å²) in [5, 5.41) is 7.07. The van der Waals surface area contributed by atoms with Crippen molar-refractivity contribution >= 4 is 23.0 Å². The number of hydrogen-bond acceptors (Lipinski definition) is 2. The molecular formula is C14H22N2OS. The first-order valence-corrected chi connectivity index (χ1v) is 6.60. The molecule has 1 rings (SSSR count). The number of nitrogens with one attached hydrogen (secondary N) is 2. The lowest BCUT2D eigenvalue weighted by Gasteiger charge is -2.19. The van der Waals surface area contributed by atoms with Crippen LogP contribution in [0.15, 0.2) is 24.3 Å². The largest absolute Gasteiger partial charge is 0.383 e. The molecular weight excluding hydrogens is 244 g/mol. The van der Waals surface area contributed by atoms with Crippen LogP contribution in [0.1, 0.15) is 32.3 Å². The minimum atomic E-state index is 0.196. The highest BCUT2D eigenvalue weighted by Gasteiger charge is 2.08. The Labute approximate surface area is 115 Å². The molecule has 0 bridgehead atoms. The average Bonchev–Trinajstić information content (AvgIpc) is 2.29. The fourth-order valence-corrected chi connectivity index (χ4v) is 2.10. The average molecular weight is 266 g/mol. The van der Waals surface area contributed by atoms with Crippen LogP contribution in [-0.2, 0) is 4.74 Å². The van der Waals surface area contributed by atoms with Crippen LogP contribution in [0.4, 0.5) is 5.69 Å². The second-order valence-corrected chi connectivity index (χ2v) is 5.11. The first kappa shape index (κ1) is 14.9. The van der Waals surface area contributed by atoms with Gasteiger partial charge in [0.15, 0.2) is 5.11 Å². The molecule has 2 N–H and O–H groups in total. The third-order valence-corrected chi connectivity index (χ3v) is 2.85. The summed E-state index contributed by atoms with van der Waals surface area (Å²) in [6, 6.07) is 8.42. The van der Waals surface area contributed by atoms with Gasteiger partial charge in [0.25, 0.3) is 0 Å². The summed E-state index contributed by atoms with van der Waals surface area (Å²) in [6.45, 7) is 7.01. The predicted molar refractivity (Wildman–Crippen MR) is 81.2 cm³/mol. The van der Waals surface area contributed by atoms with E-state index in [4.69, 9.17) is 17.0 Å². The summed E-state index contributed by atoms with van der Waals surface area (Å²) >= 11 is 5.29. The molecule has 0 aliphatic heterocycles. The first-order chi connectivity index (χ1) is 8.54. The van der Waals surface area contributed by atoms with Crippen LogP contribution in [-0.4, -0.2) is 24.9 Å². The van der Waals surface area contributed by atoms with Crippen molar-refractivity contribution in [3.8, 4) is 0 Å². The summed E-state index contributed by atoms with van der Waals surface area (Å²) in [7, 11) is 1.68. The van der Waals surface area contributed by atoms with Crippen LogP contribution in [0.25, 0.3) is 0 Å². The smallest absolute Gasteiger partial charge is 0.171 e. The zero-order valence-corrected chi connectivity index (χ0v) is 12.3. The molecule has 0 saturated carbocycles. The van der Waals surface area contributed by atoms with Crippen molar-refractivity contribution in [1.82, 2.24) is 5.32 Å². The van der Waals surface area contributed by atoms with Gasteiger partial charge in [-0.25, -0.2) is 0 Å². The summed E-state index contributed by atoms with van der Waals surface area (Å²) in [4.78, 5) is 0. The maximum Gasteiger partial charge on any atom is 0.171 e. The van der Waals surface area contributed by atoms with Crippen molar-refractivity contribution < 1.29 is 4.74 Å². The van der Waals surface area contributed by atoms with E-state index in [0.29, 0.717) is 17.6 Å². The Kier molecular flexibility index (Phi) is 6.09. The van der Waals surface area contributed by atoms with Gasteiger partial charge in [-0.2, -0.15) is 0 Å². The van der Waals surface area contributed by atoms with Crippen LogP contribution < -0.4 is 10.6 Å². The van der Waals surface area contributed by atoms with Gasteiger partial charge in [-0.15, -0.1) is 0 Å². The molecule has 1 aromatic rings. The van der Waals surface area contributed by atoms with E-state index in [9.17, 15) is 0 Å². The Bertz CT molecular complexity index is 393. The van der Waals surface area contributed by atoms with E-state index < -0.39 is 0 Å². The molecule has 1 aromatic carbocycles. The lowest BCUT2D eigenvalue weighted by atomic mass is 10.0. The van der Waals surface area contributed by atoms with Gasteiger partial charge in [-0.1, -0.05) is 32.0 Å². The topological polar surface area (TPSA) is 33.3 Å². The van der Waals surface area contributed by atoms with Gasteiger partial charge in [0, 0.05) is 18.8 Å². The molecule has 0 aromatic heterocycles. The van der Waals surface area contributed by atoms with E-state index in [1.165, 1.54) is 5.56 Å². The Morgan fingerprint density at radius 1 is 1.28 bits per heavy atom. The second kappa shape index (κ2) is 7.34. The molecule has 18 heavy (non-hydrogen) atoms. The summed E-state index contributed by atoms with van der Waals surface area (Å²) < 4.78 is 5.07. The molecule has 0 heterocycles. The number of ether oxygens (including phenoxy) is 1. The fraction of sp³-hybridized carbons (Fsp3) is 0.500. The van der Waals surface area contributed by atoms with Crippen molar-refractivity contribution in [2.45, 2.75) is 32.7 Å². The SMILES string of the molecule is COCC(C)NC(=S)Nc1ccccc1C(C)C. The summed E-state index contributed by atoms with van der Waals surface area (Å²) in [5.41, 5.74) is 2.33. The highest BCUT2D eigenvalue weighted by atomic mass is 32.1. The standard InChI is InChI=1S/C14H22N2OS/c1-10(2)12-7-5-6-8-13(12)16-14(18)15-11(3)9-17-4/h5-8,10-11H,9H2,1-4H3,(H2,15,16,18). The first-order valence-electron chi connectivity index (χ1n) is 6.20. The van der Waals surface area contributed by atoms with E-state index >= 15 is 0 Å². The molecule has 1 unspecified atom stereocenters. The van der Waals surface area contributed by atoms with E-state index in [2.05, 4.69) is 30.5 Å². The predicted octanol–water partition coefficient (Wildman–Crippen LogP) is 3.13. The number of hydrogen-bond donors (Lipinski definition) is 2. The number of thiocarbonyl (C=S) groups is 1. The fourth-order valence-electron chi connectivity index (χ4n) is 1.79. The number of benzene rings is 1. The Morgan fingerprint density at radius 2 is 1.94 bits per heavy atom. The molecule has 0 amide bonds. The Hall–Kier alpha value is -1.13.